The van der Waals surface area contributed by atoms with E-state index >= 15 is 0 Å². The molecule has 2 aliphatic heterocycles. The van der Waals surface area contributed by atoms with Crippen molar-refractivity contribution < 1.29 is 19.5 Å². The van der Waals surface area contributed by atoms with E-state index in [1.54, 1.807) is 0 Å². The predicted octanol–water partition coefficient (Wildman–Crippen LogP) is 1.53. The molecule has 3 rings (SSSR count). The van der Waals surface area contributed by atoms with Crippen molar-refractivity contribution >= 4 is 5.97 Å². The first-order valence-electron chi connectivity index (χ1n) is 8.29. The second-order valence-electron chi connectivity index (χ2n) is 6.23. The summed E-state index contributed by atoms with van der Waals surface area (Å²) in [5.41, 5.74) is 3.50. The molecule has 2 aliphatic rings. The summed E-state index contributed by atoms with van der Waals surface area (Å²) in [5, 5.41) is 12.8. The fourth-order valence-electron chi connectivity index (χ4n) is 3.21. The van der Waals surface area contributed by atoms with E-state index in [9.17, 15) is 9.90 Å². The normalized spacial score (nSPS) is 23.6. The maximum atomic E-state index is 11.6. The Balaban J connectivity index is 1.59. The number of carboxylic acid groups (broad SMARTS) is 1. The van der Waals surface area contributed by atoms with Gasteiger partial charge in [0.05, 0.1) is 12.7 Å². The Kier molecular flexibility index (Phi) is 5.48. The number of hydrogen-bond acceptors (Lipinski definition) is 5. The maximum Gasteiger partial charge on any atom is 0.313 e. The van der Waals surface area contributed by atoms with E-state index < -0.39 is 11.9 Å². The lowest BCUT2D eigenvalue weighted by atomic mass is 9.92. The summed E-state index contributed by atoms with van der Waals surface area (Å²) >= 11 is 0. The van der Waals surface area contributed by atoms with Crippen LogP contribution in [0.1, 0.15) is 30.7 Å². The maximum absolute atomic E-state index is 11.6. The number of nitrogens with one attached hydrogen (secondary N) is 2. The molecule has 2 unspecified atom stereocenters. The van der Waals surface area contributed by atoms with E-state index in [1.807, 2.05) is 24.3 Å². The Labute approximate surface area is 136 Å². The van der Waals surface area contributed by atoms with Crippen molar-refractivity contribution in [1.29, 1.82) is 0 Å². The molecule has 0 amide bonds. The van der Waals surface area contributed by atoms with Gasteiger partial charge >= 0.3 is 5.97 Å². The number of carbonyl (C=O) groups is 1. The van der Waals surface area contributed by atoms with Crippen molar-refractivity contribution in [2.45, 2.75) is 31.3 Å². The lowest BCUT2D eigenvalue weighted by Crippen LogP contribution is -2.30. The van der Waals surface area contributed by atoms with Gasteiger partial charge in [0, 0.05) is 6.54 Å². The highest BCUT2D eigenvalue weighted by atomic mass is 16.7. The number of ether oxygens (including phenoxy) is 1. The zero-order valence-corrected chi connectivity index (χ0v) is 13.2. The molecule has 1 aromatic rings. The first kappa shape index (κ1) is 16.2. The van der Waals surface area contributed by atoms with Gasteiger partial charge in [-0.15, -0.1) is 0 Å². The van der Waals surface area contributed by atoms with Gasteiger partial charge in [0.25, 0.3) is 0 Å². The standard InChI is InChI=1S/C17H24N2O4/c20-17(21)16(15-7-10-19-23-15)13-1-3-14(4-2-13)22-11-12-5-8-18-9-6-12/h1-4,12,15-16,18-19H,5-11H2,(H,20,21). The molecule has 3 N–H and O–H groups in total. The van der Waals surface area contributed by atoms with E-state index in [0.717, 1.165) is 43.9 Å². The Hall–Kier alpha value is -1.63. The van der Waals surface area contributed by atoms with Crippen LogP contribution in [0.3, 0.4) is 0 Å². The summed E-state index contributed by atoms with van der Waals surface area (Å²) in [6.07, 6.45) is 2.66. The molecule has 2 saturated heterocycles. The van der Waals surface area contributed by atoms with Gasteiger partial charge in [-0.2, -0.15) is 0 Å². The van der Waals surface area contributed by atoms with E-state index in [-0.39, 0.29) is 6.10 Å². The van der Waals surface area contributed by atoms with Crippen LogP contribution in [0.25, 0.3) is 0 Å². The van der Waals surface area contributed by atoms with Crippen molar-refractivity contribution in [2.24, 2.45) is 5.92 Å². The SMILES string of the molecule is O=C(O)C(c1ccc(OCC2CCNCC2)cc1)C1CCNO1. The average molecular weight is 320 g/mol. The van der Waals surface area contributed by atoms with Gasteiger partial charge in [0.1, 0.15) is 11.7 Å². The van der Waals surface area contributed by atoms with Crippen LogP contribution in [0.15, 0.2) is 24.3 Å². The van der Waals surface area contributed by atoms with Crippen molar-refractivity contribution in [2.75, 3.05) is 26.2 Å². The van der Waals surface area contributed by atoms with E-state index in [4.69, 9.17) is 9.57 Å². The largest absolute Gasteiger partial charge is 0.493 e. The monoisotopic (exact) mass is 320 g/mol. The highest BCUT2D eigenvalue weighted by Crippen LogP contribution is 2.28. The lowest BCUT2D eigenvalue weighted by molar-refractivity contribution is -0.143. The molecule has 2 heterocycles. The van der Waals surface area contributed by atoms with Crippen molar-refractivity contribution in [3.8, 4) is 5.75 Å². The number of piperidine rings is 1. The first-order valence-corrected chi connectivity index (χ1v) is 8.29. The molecule has 0 bridgehead atoms. The quantitative estimate of drug-likeness (QED) is 0.737. The van der Waals surface area contributed by atoms with Crippen molar-refractivity contribution in [1.82, 2.24) is 10.8 Å². The number of hydrogen-bond donors (Lipinski definition) is 3. The third kappa shape index (κ3) is 4.22. The second-order valence-corrected chi connectivity index (χ2v) is 6.23. The van der Waals surface area contributed by atoms with Gasteiger partial charge in [-0.1, -0.05) is 12.1 Å². The Morgan fingerprint density at radius 2 is 1.96 bits per heavy atom. The summed E-state index contributed by atoms with van der Waals surface area (Å²) in [6.45, 7) is 3.52. The van der Waals surface area contributed by atoms with Gasteiger partial charge in [-0.3, -0.25) is 9.63 Å². The Bertz CT molecular complexity index is 508. The molecular formula is C17H24N2O4. The fraction of sp³-hybridized carbons (Fsp3) is 0.588. The van der Waals surface area contributed by atoms with E-state index in [0.29, 0.717) is 18.9 Å². The minimum atomic E-state index is -0.859. The van der Waals surface area contributed by atoms with Gasteiger partial charge in [-0.25, -0.2) is 5.48 Å². The van der Waals surface area contributed by atoms with Crippen LogP contribution in [0.2, 0.25) is 0 Å². The van der Waals surface area contributed by atoms with Crippen LogP contribution in [-0.2, 0) is 9.63 Å². The molecule has 0 spiro atoms. The second kappa shape index (κ2) is 7.77. The van der Waals surface area contributed by atoms with Crippen LogP contribution in [0.5, 0.6) is 5.75 Å². The van der Waals surface area contributed by atoms with Crippen LogP contribution in [0.4, 0.5) is 0 Å². The molecule has 0 radical (unpaired) electrons. The number of hydroxylamine groups is 1. The van der Waals surface area contributed by atoms with Gasteiger partial charge < -0.3 is 15.2 Å². The number of rotatable bonds is 6. The van der Waals surface area contributed by atoms with Crippen LogP contribution in [0, 0.1) is 5.92 Å². The van der Waals surface area contributed by atoms with Gasteiger partial charge in [0.2, 0.25) is 0 Å². The number of benzene rings is 1. The van der Waals surface area contributed by atoms with Crippen LogP contribution < -0.4 is 15.5 Å². The molecule has 0 aliphatic carbocycles. The fourth-order valence-corrected chi connectivity index (χ4v) is 3.21. The molecule has 1 aromatic carbocycles. The van der Waals surface area contributed by atoms with E-state index in [1.165, 1.54) is 0 Å². The molecule has 126 valence electrons. The lowest BCUT2D eigenvalue weighted by Gasteiger charge is -2.23. The summed E-state index contributed by atoms with van der Waals surface area (Å²) in [5.74, 6) is -0.118. The Morgan fingerprint density at radius 3 is 2.57 bits per heavy atom. The van der Waals surface area contributed by atoms with Crippen LogP contribution in [-0.4, -0.2) is 43.4 Å². The molecule has 2 fully saturated rings. The molecule has 2 atom stereocenters. The predicted molar refractivity (Wildman–Crippen MR) is 85.4 cm³/mol. The average Bonchev–Trinajstić information content (AvgIpc) is 3.09. The minimum absolute atomic E-state index is 0.325. The number of aliphatic carboxylic acids is 1. The third-order valence-corrected chi connectivity index (χ3v) is 4.59. The van der Waals surface area contributed by atoms with Crippen molar-refractivity contribution in [3.05, 3.63) is 29.8 Å². The molecule has 23 heavy (non-hydrogen) atoms. The summed E-state index contributed by atoms with van der Waals surface area (Å²) in [4.78, 5) is 16.9. The van der Waals surface area contributed by atoms with Crippen molar-refractivity contribution in [3.63, 3.8) is 0 Å². The van der Waals surface area contributed by atoms with E-state index in [2.05, 4.69) is 10.8 Å². The zero-order valence-electron chi connectivity index (χ0n) is 13.2. The molecular weight excluding hydrogens is 296 g/mol. The highest BCUT2D eigenvalue weighted by Gasteiger charge is 2.33. The molecule has 6 heteroatoms. The number of carboxylic acids is 1. The topological polar surface area (TPSA) is 79.8 Å². The molecule has 0 saturated carbocycles. The first-order chi connectivity index (χ1) is 11.2. The molecule has 6 nitrogen and oxygen atoms in total. The highest BCUT2D eigenvalue weighted by molar-refractivity contribution is 5.77. The van der Waals surface area contributed by atoms with Gasteiger partial charge in [-0.05, 0) is 56.0 Å². The van der Waals surface area contributed by atoms with Gasteiger partial charge in [0.15, 0.2) is 0 Å². The third-order valence-electron chi connectivity index (χ3n) is 4.59. The smallest absolute Gasteiger partial charge is 0.313 e. The Morgan fingerprint density at radius 1 is 1.22 bits per heavy atom. The summed E-state index contributed by atoms with van der Waals surface area (Å²) in [7, 11) is 0. The zero-order chi connectivity index (χ0) is 16.1. The summed E-state index contributed by atoms with van der Waals surface area (Å²) < 4.78 is 5.85. The minimum Gasteiger partial charge on any atom is -0.493 e. The van der Waals surface area contributed by atoms with Crippen LogP contribution >= 0.6 is 0 Å². The summed E-state index contributed by atoms with van der Waals surface area (Å²) in [6, 6.07) is 7.37. The molecule has 0 aromatic heterocycles.